The van der Waals surface area contributed by atoms with Gasteiger partial charge in [-0.1, -0.05) is 6.07 Å². The molecule has 126 valence electrons. The van der Waals surface area contributed by atoms with Crippen LogP contribution in [0.2, 0.25) is 5.28 Å². The lowest BCUT2D eigenvalue weighted by molar-refractivity contribution is 0.0846. The van der Waals surface area contributed by atoms with Crippen LogP contribution in [0.15, 0.2) is 23.6 Å². The average Bonchev–Trinajstić information content (AvgIpc) is 3.19. The fourth-order valence-corrected chi connectivity index (χ4v) is 4.64. The molecule has 3 heterocycles. The van der Waals surface area contributed by atoms with Crippen LogP contribution in [0.5, 0.6) is 0 Å². The van der Waals surface area contributed by atoms with Crippen LogP contribution in [0, 0.1) is 0 Å². The van der Waals surface area contributed by atoms with Crippen molar-refractivity contribution in [2.45, 2.75) is 38.6 Å². The van der Waals surface area contributed by atoms with E-state index in [-0.39, 0.29) is 6.04 Å². The minimum atomic E-state index is 0.270. The number of fused-ring (bicyclic) bond motifs is 1. The van der Waals surface area contributed by atoms with Crippen molar-refractivity contribution in [2.75, 3.05) is 13.2 Å². The Labute approximate surface area is 150 Å². The van der Waals surface area contributed by atoms with E-state index in [0.717, 1.165) is 47.7 Å². The van der Waals surface area contributed by atoms with Crippen molar-refractivity contribution in [1.29, 1.82) is 0 Å². The first kappa shape index (κ1) is 16.1. The predicted molar refractivity (Wildman–Crippen MR) is 99.0 cm³/mol. The van der Waals surface area contributed by atoms with Gasteiger partial charge in [-0.2, -0.15) is 0 Å². The van der Waals surface area contributed by atoms with Gasteiger partial charge in [-0.3, -0.25) is 0 Å². The Hall–Kier alpha value is -1.43. The van der Waals surface area contributed by atoms with E-state index >= 15 is 0 Å². The zero-order valence-corrected chi connectivity index (χ0v) is 15.4. The van der Waals surface area contributed by atoms with Gasteiger partial charge in [0.25, 0.3) is 0 Å². The molecule has 0 saturated carbocycles. The van der Waals surface area contributed by atoms with Gasteiger partial charge in [0.05, 0.1) is 11.2 Å². The number of halogens is 1. The lowest BCUT2D eigenvalue weighted by Gasteiger charge is -2.19. The van der Waals surface area contributed by atoms with Gasteiger partial charge in [-0.25, -0.2) is 9.97 Å². The van der Waals surface area contributed by atoms with Crippen LogP contribution in [0.1, 0.15) is 44.3 Å². The van der Waals surface area contributed by atoms with Crippen molar-refractivity contribution in [2.24, 2.45) is 0 Å². The monoisotopic (exact) mass is 361 g/mol. The highest BCUT2D eigenvalue weighted by Gasteiger charge is 2.21. The van der Waals surface area contributed by atoms with E-state index in [1.807, 2.05) is 0 Å². The van der Waals surface area contributed by atoms with Gasteiger partial charge in [-0.15, -0.1) is 11.3 Å². The number of rotatable bonds is 3. The van der Waals surface area contributed by atoms with E-state index < -0.39 is 0 Å². The molecule has 4 nitrogen and oxygen atoms in total. The number of thiazole rings is 1. The Balaban J connectivity index is 1.77. The molecule has 0 N–H and O–H groups in total. The lowest BCUT2D eigenvalue weighted by atomic mass is 9.97. The fraction of sp³-hybridized carbons (Fsp3) is 0.444. The summed E-state index contributed by atoms with van der Waals surface area (Å²) in [6, 6.07) is 6.49. The molecule has 3 aromatic rings. The van der Waals surface area contributed by atoms with Gasteiger partial charge in [0.15, 0.2) is 0 Å². The molecule has 1 fully saturated rings. The zero-order chi connectivity index (χ0) is 16.7. The minimum absolute atomic E-state index is 0.270. The number of hydrogen-bond donors (Lipinski definition) is 0. The van der Waals surface area contributed by atoms with Gasteiger partial charge in [0.1, 0.15) is 10.5 Å². The number of imidazole rings is 1. The molecule has 0 aliphatic carbocycles. The van der Waals surface area contributed by atoms with Crippen LogP contribution in [0.4, 0.5) is 0 Å². The second-order valence-corrected chi connectivity index (χ2v) is 7.68. The molecule has 0 unspecified atom stereocenters. The molecular weight excluding hydrogens is 342 g/mol. The molecule has 0 bridgehead atoms. The number of para-hydroxylation sites is 1. The standard InChI is InChI=1S/C18H20ClN3OS/c1-11(2)22-15-5-3-4-13(16(15)21-18(22)19)17-20-14(10-24-17)12-6-8-23-9-7-12/h3-5,10-12H,6-9H2,1-2H3. The molecule has 2 aromatic heterocycles. The Bertz CT molecular complexity index is 864. The second-order valence-electron chi connectivity index (χ2n) is 6.48. The summed E-state index contributed by atoms with van der Waals surface area (Å²) in [5.41, 5.74) is 4.25. The lowest BCUT2D eigenvalue weighted by Crippen LogP contribution is -2.14. The average molecular weight is 362 g/mol. The SMILES string of the molecule is CC(C)n1c(Cl)nc2c(-c3nc(C4CCOCC4)cs3)cccc21. The molecule has 0 radical (unpaired) electrons. The molecular formula is C18H20ClN3OS. The van der Waals surface area contributed by atoms with Crippen molar-refractivity contribution < 1.29 is 4.74 Å². The first-order valence-corrected chi connectivity index (χ1v) is 9.61. The van der Waals surface area contributed by atoms with Crippen molar-refractivity contribution in [3.63, 3.8) is 0 Å². The first-order valence-electron chi connectivity index (χ1n) is 8.35. The van der Waals surface area contributed by atoms with Crippen LogP contribution >= 0.6 is 22.9 Å². The van der Waals surface area contributed by atoms with E-state index in [9.17, 15) is 0 Å². The summed E-state index contributed by atoms with van der Waals surface area (Å²) < 4.78 is 7.52. The van der Waals surface area contributed by atoms with Crippen LogP contribution in [-0.2, 0) is 4.74 Å². The first-order chi connectivity index (χ1) is 11.6. The molecule has 1 aromatic carbocycles. The Morgan fingerprint density at radius 2 is 2.04 bits per heavy atom. The number of hydrogen-bond acceptors (Lipinski definition) is 4. The summed E-state index contributed by atoms with van der Waals surface area (Å²) >= 11 is 8.06. The van der Waals surface area contributed by atoms with E-state index in [1.54, 1.807) is 11.3 Å². The van der Waals surface area contributed by atoms with E-state index in [2.05, 4.69) is 47.0 Å². The summed E-state index contributed by atoms with van der Waals surface area (Å²) in [6.45, 7) is 5.90. The highest BCUT2D eigenvalue weighted by Crippen LogP contribution is 2.36. The van der Waals surface area contributed by atoms with Crippen LogP contribution < -0.4 is 0 Å². The predicted octanol–water partition coefficient (Wildman–Crippen LogP) is 5.29. The van der Waals surface area contributed by atoms with E-state index in [1.165, 1.54) is 5.69 Å². The minimum Gasteiger partial charge on any atom is -0.381 e. The fourth-order valence-electron chi connectivity index (χ4n) is 3.34. The third-order valence-electron chi connectivity index (χ3n) is 4.59. The summed E-state index contributed by atoms with van der Waals surface area (Å²) in [5, 5.41) is 3.74. The summed E-state index contributed by atoms with van der Waals surface area (Å²) in [6.07, 6.45) is 2.11. The molecule has 0 amide bonds. The number of benzene rings is 1. The number of ether oxygens (including phenoxy) is 1. The molecule has 4 rings (SSSR count). The summed E-state index contributed by atoms with van der Waals surface area (Å²) in [5.74, 6) is 0.514. The Morgan fingerprint density at radius 3 is 2.79 bits per heavy atom. The maximum absolute atomic E-state index is 6.37. The Kier molecular flexibility index (Phi) is 4.33. The second kappa shape index (κ2) is 6.47. The third-order valence-corrected chi connectivity index (χ3v) is 5.75. The van der Waals surface area contributed by atoms with Gasteiger partial charge in [0, 0.05) is 36.1 Å². The van der Waals surface area contributed by atoms with Crippen molar-refractivity contribution in [3.05, 3.63) is 34.6 Å². The summed E-state index contributed by atoms with van der Waals surface area (Å²) in [4.78, 5) is 9.52. The maximum atomic E-state index is 6.37. The highest BCUT2D eigenvalue weighted by molar-refractivity contribution is 7.13. The molecule has 1 aliphatic rings. The normalized spacial score (nSPS) is 16.3. The van der Waals surface area contributed by atoms with Crippen molar-refractivity contribution >= 4 is 34.0 Å². The number of aromatic nitrogens is 3. The largest absolute Gasteiger partial charge is 0.381 e. The van der Waals surface area contributed by atoms with Crippen LogP contribution in [0.3, 0.4) is 0 Å². The molecule has 24 heavy (non-hydrogen) atoms. The van der Waals surface area contributed by atoms with E-state index in [4.69, 9.17) is 21.3 Å². The molecule has 0 spiro atoms. The van der Waals surface area contributed by atoms with Crippen LogP contribution in [-0.4, -0.2) is 27.7 Å². The molecule has 6 heteroatoms. The van der Waals surface area contributed by atoms with Gasteiger partial charge in [-0.05, 0) is 50.4 Å². The van der Waals surface area contributed by atoms with E-state index in [0.29, 0.717) is 11.2 Å². The van der Waals surface area contributed by atoms with Gasteiger partial charge < -0.3 is 9.30 Å². The van der Waals surface area contributed by atoms with Gasteiger partial charge >= 0.3 is 0 Å². The smallest absolute Gasteiger partial charge is 0.204 e. The quantitative estimate of drug-likeness (QED) is 0.636. The van der Waals surface area contributed by atoms with Crippen molar-refractivity contribution in [1.82, 2.24) is 14.5 Å². The Morgan fingerprint density at radius 1 is 1.25 bits per heavy atom. The third kappa shape index (κ3) is 2.75. The topological polar surface area (TPSA) is 39.9 Å². The maximum Gasteiger partial charge on any atom is 0.204 e. The van der Waals surface area contributed by atoms with Gasteiger partial charge in [0.2, 0.25) is 5.28 Å². The molecule has 1 aliphatic heterocycles. The van der Waals surface area contributed by atoms with Crippen LogP contribution in [0.25, 0.3) is 21.6 Å². The molecule has 1 saturated heterocycles. The molecule has 0 atom stereocenters. The summed E-state index contributed by atoms with van der Waals surface area (Å²) in [7, 11) is 0. The van der Waals surface area contributed by atoms with Crippen molar-refractivity contribution in [3.8, 4) is 10.6 Å². The highest BCUT2D eigenvalue weighted by atomic mass is 35.5. The zero-order valence-electron chi connectivity index (χ0n) is 13.8. The number of nitrogens with zero attached hydrogens (tertiary/aromatic N) is 3.